The van der Waals surface area contributed by atoms with Crippen LogP contribution in [0.15, 0.2) is 36.7 Å². The summed E-state index contributed by atoms with van der Waals surface area (Å²) in [6, 6.07) is 0. The number of nitrogens with zero attached hydrogens (tertiary/aromatic N) is 1. The van der Waals surface area contributed by atoms with Gasteiger partial charge in [0.15, 0.2) is 0 Å². The molecular formula is C12H17NO2. The fourth-order valence-electron chi connectivity index (χ4n) is 0.937. The van der Waals surface area contributed by atoms with Gasteiger partial charge in [0.2, 0.25) is 0 Å². The van der Waals surface area contributed by atoms with E-state index < -0.39 is 0 Å². The van der Waals surface area contributed by atoms with Crippen LogP contribution in [0.2, 0.25) is 0 Å². The van der Waals surface area contributed by atoms with E-state index in [1.807, 2.05) is 32.9 Å². The molecule has 0 radical (unpaired) electrons. The summed E-state index contributed by atoms with van der Waals surface area (Å²) in [6.07, 6.45) is 10.3. The van der Waals surface area contributed by atoms with Crippen molar-refractivity contribution in [3.63, 3.8) is 0 Å². The molecule has 1 heterocycles. The summed E-state index contributed by atoms with van der Waals surface area (Å²) in [5.41, 5.74) is -0.00676. The summed E-state index contributed by atoms with van der Waals surface area (Å²) in [5.74, 6) is 0. The first-order chi connectivity index (χ1) is 6.99. The van der Waals surface area contributed by atoms with Gasteiger partial charge in [0.25, 0.3) is 0 Å². The molecule has 0 aliphatic carbocycles. The molecule has 0 N–H and O–H groups in total. The van der Waals surface area contributed by atoms with Gasteiger partial charge in [0, 0.05) is 12.4 Å². The van der Waals surface area contributed by atoms with Crippen molar-refractivity contribution >= 4 is 6.09 Å². The average molecular weight is 207 g/mol. The molecule has 0 saturated carbocycles. The van der Waals surface area contributed by atoms with E-state index in [2.05, 4.69) is 0 Å². The number of allylic oxidation sites excluding steroid dienone is 4. The van der Waals surface area contributed by atoms with Gasteiger partial charge >= 0.3 is 6.09 Å². The smallest absolute Gasteiger partial charge is 0.417 e. The Kier molecular flexibility index (Phi) is 3.72. The molecule has 0 aromatic heterocycles. The molecule has 3 nitrogen and oxygen atoms in total. The Labute approximate surface area is 90.7 Å². The molecule has 0 saturated heterocycles. The van der Waals surface area contributed by atoms with Crippen molar-refractivity contribution in [3.8, 4) is 0 Å². The second-order valence-electron chi connectivity index (χ2n) is 4.59. The lowest BCUT2D eigenvalue weighted by atomic mass is 9.99. The largest absolute Gasteiger partial charge is 0.448 e. The molecule has 0 unspecified atom stereocenters. The molecule has 82 valence electrons. The van der Waals surface area contributed by atoms with Crippen molar-refractivity contribution in [2.45, 2.75) is 20.8 Å². The van der Waals surface area contributed by atoms with Gasteiger partial charge in [-0.1, -0.05) is 32.9 Å². The zero-order valence-corrected chi connectivity index (χ0v) is 9.43. The number of hydrogen-bond acceptors (Lipinski definition) is 2. The monoisotopic (exact) mass is 207 g/mol. The van der Waals surface area contributed by atoms with E-state index in [-0.39, 0.29) is 11.5 Å². The number of ether oxygens (including phenoxy) is 1. The van der Waals surface area contributed by atoms with Crippen LogP contribution in [0.1, 0.15) is 20.8 Å². The molecular weight excluding hydrogens is 190 g/mol. The lowest BCUT2D eigenvalue weighted by Crippen LogP contribution is -2.25. The highest BCUT2D eigenvalue weighted by Crippen LogP contribution is 2.14. The third-order valence-electron chi connectivity index (χ3n) is 1.67. The van der Waals surface area contributed by atoms with Gasteiger partial charge in [-0.15, -0.1) is 0 Å². The third-order valence-corrected chi connectivity index (χ3v) is 1.67. The second-order valence-corrected chi connectivity index (χ2v) is 4.59. The molecule has 0 aromatic rings. The van der Waals surface area contributed by atoms with Crippen molar-refractivity contribution in [3.05, 3.63) is 36.7 Å². The molecule has 0 bridgehead atoms. The number of carbonyl (C=O) groups excluding carboxylic acids is 1. The van der Waals surface area contributed by atoms with E-state index >= 15 is 0 Å². The molecule has 0 spiro atoms. The van der Waals surface area contributed by atoms with Crippen LogP contribution in [0.25, 0.3) is 0 Å². The van der Waals surface area contributed by atoms with Crippen LogP contribution in [0, 0.1) is 5.41 Å². The predicted molar refractivity (Wildman–Crippen MR) is 60.1 cm³/mol. The normalized spacial score (nSPS) is 15.3. The van der Waals surface area contributed by atoms with Crippen molar-refractivity contribution in [1.29, 1.82) is 0 Å². The Morgan fingerprint density at radius 2 is 1.67 bits per heavy atom. The molecule has 15 heavy (non-hydrogen) atoms. The Bertz CT molecular complexity index is 292. The van der Waals surface area contributed by atoms with Crippen LogP contribution in [0.5, 0.6) is 0 Å². The molecule has 0 fully saturated rings. The summed E-state index contributed by atoms with van der Waals surface area (Å²) >= 11 is 0. The summed E-state index contributed by atoms with van der Waals surface area (Å²) in [5, 5.41) is 0. The number of rotatable bonds is 1. The highest BCUT2D eigenvalue weighted by molar-refractivity contribution is 5.70. The summed E-state index contributed by atoms with van der Waals surface area (Å²) in [4.78, 5) is 13.0. The van der Waals surface area contributed by atoms with E-state index in [4.69, 9.17) is 4.74 Å². The predicted octanol–water partition coefficient (Wildman–Crippen LogP) is 3.07. The summed E-state index contributed by atoms with van der Waals surface area (Å²) in [7, 11) is 0. The lowest BCUT2D eigenvalue weighted by molar-refractivity contribution is 0.0915. The van der Waals surface area contributed by atoms with Crippen LogP contribution >= 0.6 is 0 Å². The fourth-order valence-corrected chi connectivity index (χ4v) is 0.937. The molecule has 0 aromatic carbocycles. The SMILES string of the molecule is CC(C)(C)COC(=O)N1C=CC=CC=C1. The maximum absolute atomic E-state index is 11.6. The summed E-state index contributed by atoms with van der Waals surface area (Å²) < 4.78 is 5.16. The van der Waals surface area contributed by atoms with Gasteiger partial charge in [-0.2, -0.15) is 0 Å². The second kappa shape index (κ2) is 4.82. The first-order valence-electron chi connectivity index (χ1n) is 4.96. The van der Waals surface area contributed by atoms with Gasteiger partial charge in [-0.3, -0.25) is 4.90 Å². The van der Waals surface area contributed by atoms with Crippen LogP contribution in [-0.4, -0.2) is 17.6 Å². The van der Waals surface area contributed by atoms with Gasteiger partial charge < -0.3 is 4.74 Å². The zero-order valence-electron chi connectivity index (χ0n) is 9.43. The third kappa shape index (κ3) is 4.49. The number of hydrogen-bond donors (Lipinski definition) is 0. The quantitative estimate of drug-likeness (QED) is 0.661. The molecule has 1 amide bonds. The molecule has 1 rings (SSSR count). The molecule has 0 atom stereocenters. The van der Waals surface area contributed by atoms with E-state index in [0.29, 0.717) is 6.61 Å². The van der Waals surface area contributed by atoms with Crippen LogP contribution in [0.4, 0.5) is 4.79 Å². The van der Waals surface area contributed by atoms with Gasteiger partial charge in [-0.25, -0.2) is 4.79 Å². The Morgan fingerprint density at radius 3 is 2.13 bits per heavy atom. The van der Waals surface area contributed by atoms with Crippen molar-refractivity contribution < 1.29 is 9.53 Å². The molecule has 3 heteroatoms. The minimum atomic E-state index is -0.346. The van der Waals surface area contributed by atoms with E-state index in [0.717, 1.165) is 0 Å². The minimum Gasteiger partial charge on any atom is -0.448 e. The zero-order chi connectivity index (χ0) is 11.3. The van der Waals surface area contributed by atoms with Crippen LogP contribution < -0.4 is 0 Å². The Hall–Kier alpha value is -1.51. The summed E-state index contributed by atoms with van der Waals surface area (Å²) in [6.45, 7) is 6.49. The van der Waals surface area contributed by atoms with Crippen molar-refractivity contribution in [2.75, 3.05) is 6.61 Å². The number of carbonyl (C=O) groups is 1. The molecule has 1 aliphatic heterocycles. The fraction of sp³-hybridized carbons (Fsp3) is 0.417. The highest BCUT2D eigenvalue weighted by Gasteiger charge is 2.16. The Morgan fingerprint density at radius 1 is 1.13 bits per heavy atom. The average Bonchev–Trinajstić information content (AvgIpc) is 2.41. The maximum Gasteiger partial charge on any atom is 0.417 e. The van der Waals surface area contributed by atoms with Crippen LogP contribution in [0.3, 0.4) is 0 Å². The minimum absolute atomic E-state index is 0.00676. The van der Waals surface area contributed by atoms with Crippen LogP contribution in [-0.2, 0) is 4.74 Å². The Balaban J connectivity index is 2.47. The van der Waals surface area contributed by atoms with Gasteiger partial charge in [0.05, 0.1) is 6.61 Å². The van der Waals surface area contributed by atoms with E-state index in [9.17, 15) is 4.79 Å². The topological polar surface area (TPSA) is 29.5 Å². The van der Waals surface area contributed by atoms with E-state index in [1.165, 1.54) is 4.90 Å². The van der Waals surface area contributed by atoms with Crippen molar-refractivity contribution in [2.24, 2.45) is 5.41 Å². The first-order valence-corrected chi connectivity index (χ1v) is 4.96. The maximum atomic E-state index is 11.6. The van der Waals surface area contributed by atoms with E-state index in [1.54, 1.807) is 24.6 Å². The lowest BCUT2D eigenvalue weighted by Gasteiger charge is -2.20. The standard InChI is InChI=1S/C12H17NO2/c1-12(2,3)10-15-11(14)13-8-6-4-5-7-9-13/h4-9H,10H2,1-3H3. The first kappa shape index (κ1) is 11.6. The van der Waals surface area contributed by atoms with Gasteiger partial charge in [0.1, 0.15) is 0 Å². The van der Waals surface area contributed by atoms with Crippen molar-refractivity contribution in [1.82, 2.24) is 4.90 Å². The highest BCUT2D eigenvalue weighted by atomic mass is 16.6. The molecule has 1 aliphatic rings. The van der Waals surface area contributed by atoms with Gasteiger partial charge in [-0.05, 0) is 17.6 Å². The number of amides is 1.